The van der Waals surface area contributed by atoms with Gasteiger partial charge in [0.2, 0.25) is 5.91 Å². The van der Waals surface area contributed by atoms with Crippen molar-refractivity contribution in [2.24, 2.45) is 5.92 Å². The van der Waals surface area contributed by atoms with Gasteiger partial charge in [-0.1, -0.05) is 55.7 Å². The zero-order chi connectivity index (χ0) is 20.6. The van der Waals surface area contributed by atoms with Crippen molar-refractivity contribution in [1.29, 1.82) is 0 Å². The highest BCUT2D eigenvalue weighted by Gasteiger charge is 2.21. The van der Waals surface area contributed by atoms with Crippen LogP contribution in [0.4, 0.5) is 5.69 Å². The molecule has 0 saturated heterocycles. The minimum Gasteiger partial charge on any atom is -0.337 e. The average molecular weight is 410 g/mol. The molecule has 0 radical (unpaired) electrons. The van der Waals surface area contributed by atoms with Crippen LogP contribution in [0.2, 0.25) is 0 Å². The SMILES string of the molecule is CN(Cc1ccccc1)C(=O)c1cccc(NC(=S)NC(=O)C2CCCCC2)c1. The smallest absolute Gasteiger partial charge is 0.253 e. The van der Waals surface area contributed by atoms with Crippen LogP contribution in [0, 0.1) is 5.92 Å². The van der Waals surface area contributed by atoms with E-state index in [0.29, 0.717) is 17.8 Å². The van der Waals surface area contributed by atoms with Gasteiger partial charge in [0.25, 0.3) is 5.91 Å². The van der Waals surface area contributed by atoms with Gasteiger partial charge in [-0.05, 0) is 48.8 Å². The van der Waals surface area contributed by atoms with E-state index in [1.807, 2.05) is 36.4 Å². The predicted molar refractivity (Wildman–Crippen MR) is 120 cm³/mol. The molecule has 2 amide bonds. The fourth-order valence-corrected chi connectivity index (χ4v) is 3.84. The van der Waals surface area contributed by atoms with E-state index in [4.69, 9.17) is 12.2 Å². The van der Waals surface area contributed by atoms with Gasteiger partial charge in [0, 0.05) is 30.8 Å². The molecular formula is C23H27N3O2S. The summed E-state index contributed by atoms with van der Waals surface area (Å²) in [5.74, 6) is -0.0465. The Morgan fingerprint density at radius 2 is 1.76 bits per heavy atom. The number of nitrogens with one attached hydrogen (secondary N) is 2. The minimum absolute atomic E-state index is 0.0166. The monoisotopic (exact) mass is 409 g/mol. The van der Waals surface area contributed by atoms with Crippen LogP contribution >= 0.6 is 12.2 Å². The van der Waals surface area contributed by atoms with Gasteiger partial charge < -0.3 is 15.5 Å². The van der Waals surface area contributed by atoms with Crippen molar-refractivity contribution in [1.82, 2.24) is 10.2 Å². The van der Waals surface area contributed by atoms with Gasteiger partial charge in [-0.25, -0.2) is 0 Å². The van der Waals surface area contributed by atoms with E-state index in [1.54, 1.807) is 30.1 Å². The molecule has 1 saturated carbocycles. The number of hydrogen-bond acceptors (Lipinski definition) is 3. The highest BCUT2D eigenvalue weighted by molar-refractivity contribution is 7.80. The Kier molecular flexibility index (Phi) is 7.36. The fraction of sp³-hybridized carbons (Fsp3) is 0.348. The predicted octanol–water partition coefficient (Wildman–Crippen LogP) is 4.35. The number of amides is 2. The van der Waals surface area contributed by atoms with E-state index in [-0.39, 0.29) is 22.8 Å². The molecule has 0 aromatic heterocycles. The van der Waals surface area contributed by atoms with Crippen LogP contribution in [0.15, 0.2) is 54.6 Å². The molecule has 3 rings (SSSR count). The molecule has 0 heterocycles. The molecule has 1 fully saturated rings. The topological polar surface area (TPSA) is 61.4 Å². The standard InChI is InChI=1S/C23H27N3O2S/c1-26(16-17-9-4-2-5-10-17)22(28)19-13-8-14-20(15-19)24-23(29)25-21(27)18-11-6-3-7-12-18/h2,4-5,8-10,13-15,18H,3,6-7,11-12,16H2,1H3,(H2,24,25,27,29). The van der Waals surface area contributed by atoms with Crippen LogP contribution in [0.3, 0.4) is 0 Å². The van der Waals surface area contributed by atoms with Crippen molar-refractivity contribution in [2.75, 3.05) is 12.4 Å². The molecule has 0 aliphatic heterocycles. The van der Waals surface area contributed by atoms with Gasteiger partial charge in [0.1, 0.15) is 0 Å². The molecule has 2 aromatic rings. The van der Waals surface area contributed by atoms with Crippen LogP contribution in [0.1, 0.15) is 48.0 Å². The molecule has 1 aliphatic carbocycles. The first-order valence-electron chi connectivity index (χ1n) is 10.0. The van der Waals surface area contributed by atoms with Crippen molar-refractivity contribution in [3.05, 3.63) is 65.7 Å². The van der Waals surface area contributed by atoms with Crippen LogP contribution in [-0.2, 0) is 11.3 Å². The summed E-state index contributed by atoms with van der Waals surface area (Å²) in [6.45, 7) is 0.535. The average Bonchev–Trinajstić information content (AvgIpc) is 2.74. The summed E-state index contributed by atoms with van der Waals surface area (Å²) in [6.07, 6.45) is 5.24. The summed E-state index contributed by atoms with van der Waals surface area (Å²) in [7, 11) is 1.78. The lowest BCUT2D eigenvalue weighted by Gasteiger charge is -2.21. The lowest BCUT2D eigenvalue weighted by molar-refractivity contribution is -0.124. The number of anilines is 1. The maximum Gasteiger partial charge on any atom is 0.253 e. The van der Waals surface area contributed by atoms with Gasteiger partial charge >= 0.3 is 0 Å². The summed E-state index contributed by atoms with van der Waals surface area (Å²) >= 11 is 5.29. The molecule has 5 nitrogen and oxygen atoms in total. The molecule has 6 heteroatoms. The van der Waals surface area contributed by atoms with E-state index >= 15 is 0 Å². The summed E-state index contributed by atoms with van der Waals surface area (Å²) in [5, 5.41) is 6.08. The number of carbonyl (C=O) groups is 2. The zero-order valence-electron chi connectivity index (χ0n) is 16.7. The Balaban J connectivity index is 1.57. The third-order valence-electron chi connectivity index (χ3n) is 5.19. The lowest BCUT2D eigenvalue weighted by atomic mass is 9.89. The molecule has 0 bridgehead atoms. The quantitative estimate of drug-likeness (QED) is 0.721. The van der Waals surface area contributed by atoms with Crippen molar-refractivity contribution in [3.8, 4) is 0 Å². The number of rotatable bonds is 5. The zero-order valence-corrected chi connectivity index (χ0v) is 17.5. The molecule has 2 N–H and O–H groups in total. The third kappa shape index (κ3) is 6.12. The van der Waals surface area contributed by atoms with Gasteiger partial charge in [-0.3, -0.25) is 9.59 Å². The van der Waals surface area contributed by atoms with E-state index in [1.165, 1.54) is 6.42 Å². The first-order valence-corrected chi connectivity index (χ1v) is 10.4. The van der Waals surface area contributed by atoms with E-state index in [0.717, 1.165) is 31.2 Å². The van der Waals surface area contributed by atoms with Gasteiger partial charge in [0.15, 0.2) is 5.11 Å². The number of thiocarbonyl (C=S) groups is 1. The molecule has 0 atom stereocenters. The van der Waals surface area contributed by atoms with Gasteiger partial charge in [-0.15, -0.1) is 0 Å². The molecule has 2 aromatic carbocycles. The number of carbonyl (C=O) groups excluding carboxylic acids is 2. The van der Waals surface area contributed by atoms with E-state index < -0.39 is 0 Å². The second-order valence-corrected chi connectivity index (χ2v) is 7.91. The van der Waals surface area contributed by atoms with Gasteiger partial charge in [-0.2, -0.15) is 0 Å². The number of hydrogen-bond donors (Lipinski definition) is 2. The summed E-state index contributed by atoms with van der Waals surface area (Å²) < 4.78 is 0. The second-order valence-electron chi connectivity index (χ2n) is 7.51. The number of nitrogens with zero attached hydrogens (tertiary/aromatic N) is 1. The van der Waals surface area contributed by atoms with Crippen LogP contribution in [-0.4, -0.2) is 28.9 Å². The first kappa shape index (κ1) is 21.0. The molecule has 29 heavy (non-hydrogen) atoms. The number of benzene rings is 2. The fourth-order valence-electron chi connectivity index (χ4n) is 3.62. The molecule has 1 aliphatic rings. The normalized spacial score (nSPS) is 14.1. The Bertz CT molecular complexity index is 863. The van der Waals surface area contributed by atoms with Crippen molar-refractivity contribution < 1.29 is 9.59 Å². The van der Waals surface area contributed by atoms with Crippen LogP contribution in [0.5, 0.6) is 0 Å². The minimum atomic E-state index is -0.0744. The Morgan fingerprint density at radius 1 is 1.03 bits per heavy atom. The van der Waals surface area contributed by atoms with Crippen molar-refractivity contribution in [2.45, 2.75) is 38.6 Å². The maximum absolute atomic E-state index is 12.8. The Labute approximate surface area is 177 Å². The highest BCUT2D eigenvalue weighted by Crippen LogP contribution is 2.23. The molecule has 152 valence electrons. The molecular weight excluding hydrogens is 382 g/mol. The van der Waals surface area contributed by atoms with Crippen molar-refractivity contribution >= 4 is 34.8 Å². The lowest BCUT2D eigenvalue weighted by Crippen LogP contribution is -2.39. The van der Waals surface area contributed by atoms with E-state index in [9.17, 15) is 9.59 Å². The van der Waals surface area contributed by atoms with E-state index in [2.05, 4.69) is 10.6 Å². The van der Waals surface area contributed by atoms with Gasteiger partial charge in [0.05, 0.1) is 0 Å². The van der Waals surface area contributed by atoms with Crippen molar-refractivity contribution in [3.63, 3.8) is 0 Å². The second kappa shape index (κ2) is 10.2. The Hall–Kier alpha value is -2.73. The molecule has 0 spiro atoms. The largest absolute Gasteiger partial charge is 0.337 e. The maximum atomic E-state index is 12.8. The molecule has 0 unspecified atom stereocenters. The first-order chi connectivity index (χ1) is 14.0. The van der Waals surface area contributed by atoms with Crippen LogP contribution < -0.4 is 10.6 Å². The third-order valence-corrected chi connectivity index (χ3v) is 5.39. The summed E-state index contributed by atoms with van der Waals surface area (Å²) in [4.78, 5) is 26.8. The van der Waals surface area contributed by atoms with Crippen LogP contribution in [0.25, 0.3) is 0 Å². The Morgan fingerprint density at radius 3 is 2.48 bits per heavy atom. The summed E-state index contributed by atoms with van der Waals surface area (Å²) in [6, 6.07) is 17.0. The highest BCUT2D eigenvalue weighted by atomic mass is 32.1. The summed E-state index contributed by atoms with van der Waals surface area (Å²) in [5.41, 5.74) is 2.32.